The van der Waals surface area contributed by atoms with Crippen LogP contribution in [0.1, 0.15) is 16.8 Å². The highest BCUT2D eigenvalue weighted by molar-refractivity contribution is 7.90. The Balaban J connectivity index is 2.02. The molecule has 0 aliphatic carbocycles. The lowest BCUT2D eigenvalue weighted by molar-refractivity contribution is 0.603. The van der Waals surface area contributed by atoms with E-state index in [-0.39, 0.29) is 0 Å². The van der Waals surface area contributed by atoms with Crippen molar-refractivity contribution in [2.75, 3.05) is 4.72 Å². The van der Waals surface area contributed by atoms with Crippen LogP contribution in [0, 0.1) is 20.8 Å². The van der Waals surface area contributed by atoms with Crippen LogP contribution in [-0.2, 0) is 10.2 Å². The topological polar surface area (TPSA) is 90.0 Å². The van der Waals surface area contributed by atoms with E-state index >= 15 is 0 Å². The molecule has 0 saturated heterocycles. The number of hydrogen-bond donors (Lipinski definition) is 2. The number of nitrogens with zero attached hydrogens (tertiary/aromatic N) is 2. The second kappa shape index (κ2) is 6.34. The number of benzene rings is 2. The van der Waals surface area contributed by atoms with Gasteiger partial charge in [-0.2, -0.15) is 13.5 Å². The molecule has 7 heteroatoms. The first-order chi connectivity index (χ1) is 11.7. The maximum Gasteiger partial charge on any atom is 0.296 e. The highest BCUT2D eigenvalue weighted by Crippen LogP contribution is 2.26. The first-order valence-electron chi connectivity index (χ1n) is 7.78. The van der Waals surface area contributed by atoms with Crippen molar-refractivity contribution in [1.82, 2.24) is 9.78 Å². The van der Waals surface area contributed by atoms with E-state index in [1.807, 2.05) is 17.7 Å². The molecule has 0 fully saturated rings. The molecule has 1 heterocycles. The number of hydrogen-bond acceptors (Lipinski definition) is 3. The van der Waals surface area contributed by atoms with E-state index in [0.717, 1.165) is 22.6 Å². The van der Waals surface area contributed by atoms with Crippen LogP contribution in [-0.4, -0.2) is 18.2 Å². The molecule has 0 bridgehead atoms. The summed E-state index contributed by atoms with van der Waals surface area (Å²) in [6.07, 6.45) is 0. The van der Waals surface area contributed by atoms with Crippen molar-refractivity contribution in [3.05, 3.63) is 65.4 Å². The van der Waals surface area contributed by atoms with Gasteiger partial charge in [-0.25, -0.2) is 9.82 Å². The van der Waals surface area contributed by atoms with Crippen LogP contribution in [0.25, 0.3) is 16.9 Å². The number of aromatic nitrogens is 2. The van der Waals surface area contributed by atoms with E-state index in [1.54, 1.807) is 24.3 Å². The maximum atomic E-state index is 11.1. The molecule has 0 unspecified atom stereocenters. The standard InChI is InChI=1S/C18H20N4O2S/c1-12-4-5-15(10-13(12)2)18-11-14(3)20-22(18)17-8-6-16(7-9-17)21-25(19,23)24/h4-11,21H,1-3H3,(H2,19,23,24). The third kappa shape index (κ3) is 3.89. The summed E-state index contributed by atoms with van der Waals surface area (Å²) < 4.78 is 26.3. The SMILES string of the molecule is Cc1cc(-c2ccc(C)c(C)c2)n(-c2ccc(NS(N)(=O)=O)cc2)n1. The van der Waals surface area contributed by atoms with Crippen LogP contribution in [0.4, 0.5) is 5.69 Å². The molecule has 3 aromatic rings. The minimum absolute atomic E-state index is 0.405. The molecule has 2 aromatic carbocycles. The first-order valence-corrected chi connectivity index (χ1v) is 9.33. The monoisotopic (exact) mass is 356 g/mol. The summed E-state index contributed by atoms with van der Waals surface area (Å²) in [6, 6.07) is 15.2. The van der Waals surface area contributed by atoms with Crippen LogP contribution in [0.15, 0.2) is 48.5 Å². The summed E-state index contributed by atoms with van der Waals surface area (Å²) in [7, 11) is -3.78. The third-order valence-corrected chi connectivity index (χ3v) is 4.53. The maximum absolute atomic E-state index is 11.1. The Kier molecular flexibility index (Phi) is 4.36. The third-order valence-electron chi connectivity index (χ3n) is 4.01. The van der Waals surface area contributed by atoms with Gasteiger partial charge in [0.2, 0.25) is 0 Å². The Morgan fingerprint density at radius 1 is 0.960 bits per heavy atom. The minimum atomic E-state index is -3.78. The summed E-state index contributed by atoms with van der Waals surface area (Å²) >= 11 is 0. The van der Waals surface area contributed by atoms with Crippen molar-refractivity contribution in [2.45, 2.75) is 20.8 Å². The van der Waals surface area contributed by atoms with Crippen molar-refractivity contribution in [3.8, 4) is 16.9 Å². The fraction of sp³-hybridized carbons (Fsp3) is 0.167. The second-order valence-corrected chi connectivity index (χ2v) is 7.37. The van der Waals surface area contributed by atoms with Gasteiger partial charge in [0.1, 0.15) is 0 Å². The number of rotatable bonds is 4. The zero-order valence-corrected chi connectivity index (χ0v) is 15.1. The van der Waals surface area contributed by atoms with Gasteiger partial charge in [-0.3, -0.25) is 4.72 Å². The molecule has 0 amide bonds. The van der Waals surface area contributed by atoms with E-state index in [2.05, 4.69) is 41.9 Å². The normalized spacial score (nSPS) is 11.5. The van der Waals surface area contributed by atoms with Gasteiger partial charge in [0.15, 0.2) is 0 Å². The minimum Gasteiger partial charge on any atom is -0.271 e. The van der Waals surface area contributed by atoms with Crippen molar-refractivity contribution >= 4 is 15.9 Å². The summed E-state index contributed by atoms with van der Waals surface area (Å²) in [5, 5.41) is 9.56. The van der Waals surface area contributed by atoms with Gasteiger partial charge in [-0.05, 0) is 68.3 Å². The predicted octanol–water partition coefficient (Wildman–Crippen LogP) is 3.08. The molecule has 1 aromatic heterocycles. The van der Waals surface area contributed by atoms with Gasteiger partial charge in [0, 0.05) is 11.3 Å². The lowest BCUT2D eigenvalue weighted by atomic mass is 10.0. The zero-order valence-electron chi connectivity index (χ0n) is 14.3. The van der Waals surface area contributed by atoms with Crippen LogP contribution >= 0.6 is 0 Å². The van der Waals surface area contributed by atoms with Crippen LogP contribution in [0.5, 0.6) is 0 Å². The van der Waals surface area contributed by atoms with Crippen LogP contribution in [0.2, 0.25) is 0 Å². The summed E-state index contributed by atoms with van der Waals surface area (Å²) in [5.74, 6) is 0. The molecule has 130 valence electrons. The van der Waals surface area contributed by atoms with Crippen molar-refractivity contribution in [3.63, 3.8) is 0 Å². The molecule has 6 nitrogen and oxygen atoms in total. The quantitative estimate of drug-likeness (QED) is 0.753. The first kappa shape index (κ1) is 17.2. The number of anilines is 1. The van der Waals surface area contributed by atoms with E-state index < -0.39 is 10.2 Å². The molecule has 0 radical (unpaired) electrons. The Hall–Kier alpha value is -2.64. The van der Waals surface area contributed by atoms with Gasteiger partial charge in [0.05, 0.1) is 17.1 Å². The highest BCUT2D eigenvalue weighted by atomic mass is 32.2. The Bertz CT molecular complexity index is 1020. The van der Waals surface area contributed by atoms with E-state index in [4.69, 9.17) is 5.14 Å². The number of aryl methyl sites for hydroxylation is 3. The molecule has 25 heavy (non-hydrogen) atoms. The average Bonchev–Trinajstić information content (AvgIpc) is 2.91. The molecule has 0 aliphatic heterocycles. The van der Waals surface area contributed by atoms with Gasteiger partial charge >= 0.3 is 0 Å². The van der Waals surface area contributed by atoms with Gasteiger partial charge in [-0.15, -0.1) is 0 Å². The van der Waals surface area contributed by atoms with Gasteiger partial charge < -0.3 is 0 Å². The second-order valence-electron chi connectivity index (χ2n) is 6.08. The van der Waals surface area contributed by atoms with Gasteiger partial charge in [0.25, 0.3) is 10.2 Å². The Morgan fingerprint density at radius 3 is 2.24 bits per heavy atom. The molecule has 0 spiro atoms. The van der Waals surface area contributed by atoms with E-state index in [0.29, 0.717) is 5.69 Å². The molecular formula is C18H20N4O2S. The Labute approximate surface area is 147 Å². The summed E-state index contributed by atoms with van der Waals surface area (Å²) in [4.78, 5) is 0. The van der Waals surface area contributed by atoms with Gasteiger partial charge in [-0.1, -0.05) is 12.1 Å². The van der Waals surface area contributed by atoms with Crippen LogP contribution in [0.3, 0.4) is 0 Å². The van der Waals surface area contributed by atoms with E-state index in [9.17, 15) is 8.42 Å². The van der Waals surface area contributed by atoms with E-state index in [1.165, 1.54) is 11.1 Å². The fourth-order valence-corrected chi connectivity index (χ4v) is 3.10. The zero-order chi connectivity index (χ0) is 18.2. The molecule has 0 saturated carbocycles. The molecule has 0 atom stereocenters. The number of nitrogens with two attached hydrogens (primary N) is 1. The van der Waals surface area contributed by atoms with Crippen molar-refractivity contribution in [1.29, 1.82) is 0 Å². The van der Waals surface area contributed by atoms with Crippen molar-refractivity contribution in [2.24, 2.45) is 5.14 Å². The predicted molar refractivity (Wildman–Crippen MR) is 99.9 cm³/mol. The average molecular weight is 356 g/mol. The molecule has 0 aliphatic rings. The smallest absolute Gasteiger partial charge is 0.271 e. The Morgan fingerprint density at radius 2 is 1.64 bits per heavy atom. The highest BCUT2D eigenvalue weighted by Gasteiger charge is 2.11. The fourth-order valence-electron chi connectivity index (χ4n) is 2.64. The molecule has 3 rings (SSSR count). The lowest BCUT2D eigenvalue weighted by Crippen LogP contribution is -2.21. The lowest BCUT2D eigenvalue weighted by Gasteiger charge is -2.10. The van der Waals surface area contributed by atoms with Crippen LogP contribution < -0.4 is 9.86 Å². The molecule has 3 N–H and O–H groups in total. The summed E-state index contributed by atoms with van der Waals surface area (Å²) in [6.45, 7) is 6.11. The van der Waals surface area contributed by atoms with Crippen molar-refractivity contribution < 1.29 is 8.42 Å². The number of nitrogens with one attached hydrogen (secondary N) is 1. The summed E-state index contributed by atoms with van der Waals surface area (Å²) in [5.41, 5.74) is 6.66. The molecular weight excluding hydrogens is 336 g/mol. The largest absolute Gasteiger partial charge is 0.296 e.